The van der Waals surface area contributed by atoms with E-state index in [-0.39, 0.29) is 11.9 Å². The van der Waals surface area contributed by atoms with Gasteiger partial charge >= 0.3 is 6.03 Å². The molecule has 1 aromatic heterocycles. The number of nitrogens with zero attached hydrogens (tertiary/aromatic N) is 3. The lowest BCUT2D eigenvalue weighted by Gasteiger charge is -2.34. The number of nitrogens with one attached hydrogen (secondary N) is 2. The van der Waals surface area contributed by atoms with Crippen molar-refractivity contribution in [2.24, 2.45) is 0 Å². The van der Waals surface area contributed by atoms with Crippen LogP contribution in [0.4, 0.5) is 4.79 Å². The molecule has 2 N–H and O–H groups in total. The predicted molar refractivity (Wildman–Crippen MR) is 87.3 cm³/mol. The van der Waals surface area contributed by atoms with Gasteiger partial charge in [-0.1, -0.05) is 5.16 Å². The summed E-state index contributed by atoms with van der Waals surface area (Å²) >= 11 is 0. The van der Waals surface area contributed by atoms with Crippen LogP contribution >= 0.6 is 0 Å². The summed E-state index contributed by atoms with van der Waals surface area (Å²) in [4.78, 5) is 28.3. The van der Waals surface area contributed by atoms with Gasteiger partial charge in [0, 0.05) is 38.8 Å². The minimum Gasteiger partial charge on any atom is -0.360 e. The summed E-state index contributed by atoms with van der Waals surface area (Å²) in [5.41, 5.74) is 0.879. The minimum absolute atomic E-state index is 0.0693. The maximum atomic E-state index is 12.4. The van der Waals surface area contributed by atoms with Crippen molar-refractivity contribution in [3.05, 3.63) is 17.5 Å². The molecule has 2 aliphatic rings. The fourth-order valence-corrected chi connectivity index (χ4v) is 3.14. The number of carbonyl (C=O) groups is 2. The fraction of sp³-hybridized carbons (Fsp3) is 0.688. The lowest BCUT2D eigenvalue weighted by molar-refractivity contribution is -0.122. The quantitative estimate of drug-likeness (QED) is 0.838. The highest BCUT2D eigenvalue weighted by atomic mass is 16.5. The molecule has 2 aliphatic heterocycles. The normalized spacial score (nSPS) is 22.8. The van der Waals surface area contributed by atoms with E-state index in [0.717, 1.165) is 37.4 Å². The molecular weight excluding hydrogens is 310 g/mol. The van der Waals surface area contributed by atoms with Crippen molar-refractivity contribution in [2.45, 2.75) is 38.8 Å². The highest BCUT2D eigenvalue weighted by molar-refractivity contribution is 5.87. The number of piperazine rings is 1. The third kappa shape index (κ3) is 4.25. The third-order valence-corrected chi connectivity index (χ3v) is 4.55. The number of aromatic nitrogens is 1. The van der Waals surface area contributed by atoms with Crippen molar-refractivity contribution in [1.82, 2.24) is 25.6 Å². The second kappa shape index (κ2) is 7.65. The lowest BCUT2D eigenvalue weighted by Crippen LogP contribution is -2.55. The van der Waals surface area contributed by atoms with Crippen LogP contribution in [0, 0.1) is 6.92 Å². The van der Waals surface area contributed by atoms with E-state index in [2.05, 4.69) is 20.7 Å². The number of amides is 3. The molecule has 2 fully saturated rings. The predicted octanol–water partition coefficient (Wildman–Crippen LogP) is 0.479. The molecule has 0 aromatic carbocycles. The Balaban J connectivity index is 1.45. The lowest BCUT2D eigenvalue weighted by atomic mass is 10.1. The van der Waals surface area contributed by atoms with Gasteiger partial charge < -0.3 is 20.1 Å². The fourth-order valence-electron chi connectivity index (χ4n) is 3.14. The molecular formula is C16H25N5O3. The number of hydrogen-bond acceptors (Lipinski definition) is 5. The van der Waals surface area contributed by atoms with Gasteiger partial charge in [0.25, 0.3) is 0 Å². The molecule has 1 aromatic rings. The Bertz CT molecular complexity index is 580. The molecule has 24 heavy (non-hydrogen) atoms. The van der Waals surface area contributed by atoms with Gasteiger partial charge in [0.2, 0.25) is 5.91 Å². The molecule has 3 heterocycles. The molecule has 1 atom stereocenters. The first kappa shape index (κ1) is 16.8. The van der Waals surface area contributed by atoms with E-state index in [1.165, 1.54) is 0 Å². The zero-order valence-corrected chi connectivity index (χ0v) is 14.1. The molecule has 0 radical (unpaired) electrons. The summed E-state index contributed by atoms with van der Waals surface area (Å²) in [6.07, 6.45) is 2.63. The second-order valence-electron chi connectivity index (χ2n) is 6.49. The van der Waals surface area contributed by atoms with Crippen LogP contribution in [0.2, 0.25) is 0 Å². The van der Waals surface area contributed by atoms with E-state index < -0.39 is 6.04 Å². The van der Waals surface area contributed by atoms with Gasteiger partial charge in [-0.3, -0.25) is 9.69 Å². The van der Waals surface area contributed by atoms with E-state index in [1.54, 1.807) is 4.90 Å². The standard InChI is InChI=1S/C16H25N5O3/c1-12-10-13(24-19-12)11-20-6-8-21(9-7-20)16(23)18-14-4-2-3-5-17-15(14)22/h10,14H,2-9,11H2,1H3,(H,17,22)(H,18,23)/t14-/m1/s1. The van der Waals surface area contributed by atoms with Crippen LogP contribution in [-0.4, -0.2) is 65.7 Å². The first-order valence-electron chi connectivity index (χ1n) is 8.59. The van der Waals surface area contributed by atoms with Crippen LogP contribution in [0.15, 0.2) is 10.6 Å². The average Bonchev–Trinajstić information content (AvgIpc) is 2.87. The van der Waals surface area contributed by atoms with Crippen LogP contribution in [-0.2, 0) is 11.3 Å². The van der Waals surface area contributed by atoms with Gasteiger partial charge in [-0.05, 0) is 26.2 Å². The molecule has 2 saturated heterocycles. The van der Waals surface area contributed by atoms with E-state index in [4.69, 9.17) is 4.52 Å². The first-order valence-corrected chi connectivity index (χ1v) is 8.59. The third-order valence-electron chi connectivity index (χ3n) is 4.55. The van der Waals surface area contributed by atoms with Gasteiger partial charge in [-0.25, -0.2) is 4.79 Å². The average molecular weight is 335 g/mol. The zero-order chi connectivity index (χ0) is 16.9. The highest BCUT2D eigenvalue weighted by Gasteiger charge is 2.27. The Kier molecular flexibility index (Phi) is 5.34. The van der Waals surface area contributed by atoms with E-state index >= 15 is 0 Å². The van der Waals surface area contributed by atoms with E-state index in [0.29, 0.717) is 32.6 Å². The van der Waals surface area contributed by atoms with Gasteiger partial charge in [0.15, 0.2) is 5.76 Å². The van der Waals surface area contributed by atoms with E-state index in [9.17, 15) is 9.59 Å². The summed E-state index contributed by atoms with van der Waals surface area (Å²) in [6, 6.07) is 1.38. The maximum Gasteiger partial charge on any atom is 0.318 e. The molecule has 0 spiro atoms. The highest BCUT2D eigenvalue weighted by Crippen LogP contribution is 2.11. The van der Waals surface area contributed by atoms with Crippen LogP contribution in [0.25, 0.3) is 0 Å². The van der Waals surface area contributed by atoms with Crippen LogP contribution in [0.5, 0.6) is 0 Å². The molecule has 8 nitrogen and oxygen atoms in total. The first-order chi connectivity index (χ1) is 11.6. The van der Waals surface area contributed by atoms with Gasteiger partial charge in [-0.15, -0.1) is 0 Å². The van der Waals surface area contributed by atoms with Gasteiger partial charge in [0.05, 0.1) is 12.2 Å². The van der Waals surface area contributed by atoms with Crippen molar-refractivity contribution in [3.8, 4) is 0 Å². The summed E-state index contributed by atoms with van der Waals surface area (Å²) in [5, 5.41) is 9.61. The number of urea groups is 1. The largest absolute Gasteiger partial charge is 0.360 e. The molecule has 3 amide bonds. The van der Waals surface area contributed by atoms with Gasteiger partial charge in [0.1, 0.15) is 6.04 Å². The Morgan fingerprint density at radius 3 is 2.88 bits per heavy atom. The second-order valence-corrected chi connectivity index (χ2v) is 6.49. The Morgan fingerprint density at radius 2 is 2.17 bits per heavy atom. The molecule has 132 valence electrons. The molecule has 8 heteroatoms. The van der Waals surface area contributed by atoms with Crippen molar-refractivity contribution in [3.63, 3.8) is 0 Å². The van der Waals surface area contributed by atoms with Crippen molar-refractivity contribution >= 4 is 11.9 Å². The van der Waals surface area contributed by atoms with Crippen molar-refractivity contribution in [2.75, 3.05) is 32.7 Å². The molecule has 0 aliphatic carbocycles. The smallest absolute Gasteiger partial charge is 0.318 e. The molecule has 3 rings (SSSR count). The van der Waals surface area contributed by atoms with E-state index in [1.807, 2.05) is 13.0 Å². The SMILES string of the molecule is Cc1cc(CN2CCN(C(=O)N[C@@H]3CCCCNC3=O)CC2)on1. The number of aryl methyl sites for hydroxylation is 1. The summed E-state index contributed by atoms with van der Waals surface area (Å²) in [6.45, 7) is 6.17. The summed E-state index contributed by atoms with van der Waals surface area (Å²) < 4.78 is 5.24. The maximum absolute atomic E-state index is 12.4. The minimum atomic E-state index is -0.407. The Labute approximate surface area is 141 Å². The number of carbonyl (C=O) groups excluding carboxylic acids is 2. The zero-order valence-electron chi connectivity index (χ0n) is 14.1. The Hall–Kier alpha value is -2.09. The van der Waals surface area contributed by atoms with Crippen LogP contribution in [0.3, 0.4) is 0 Å². The number of rotatable bonds is 3. The summed E-state index contributed by atoms with van der Waals surface area (Å²) in [7, 11) is 0. The van der Waals surface area contributed by atoms with Crippen molar-refractivity contribution in [1.29, 1.82) is 0 Å². The van der Waals surface area contributed by atoms with Crippen LogP contribution < -0.4 is 10.6 Å². The monoisotopic (exact) mass is 335 g/mol. The Morgan fingerprint density at radius 1 is 1.38 bits per heavy atom. The molecule has 0 unspecified atom stereocenters. The van der Waals surface area contributed by atoms with Crippen molar-refractivity contribution < 1.29 is 14.1 Å². The van der Waals surface area contributed by atoms with Gasteiger partial charge in [-0.2, -0.15) is 0 Å². The van der Waals surface area contributed by atoms with Crippen LogP contribution in [0.1, 0.15) is 30.7 Å². The summed E-state index contributed by atoms with van der Waals surface area (Å²) in [5.74, 6) is 0.778. The number of hydrogen-bond donors (Lipinski definition) is 2. The molecule has 0 saturated carbocycles. The topological polar surface area (TPSA) is 90.7 Å². The molecule has 0 bridgehead atoms.